The predicted molar refractivity (Wildman–Crippen MR) is 114 cm³/mol. The summed E-state index contributed by atoms with van der Waals surface area (Å²) >= 11 is 0. The van der Waals surface area contributed by atoms with Gasteiger partial charge in [-0.25, -0.2) is 0 Å². The number of rotatable bonds is 16. The summed E-state index contributed by atoms with van der Waals surface area (Å²) in [6, 6.07) is -0.0969. The zero-order chi connectivity index (χ0) is 19.9. The van der Waals surface area contributed by atoms with Gasteiger partial charge in [-0.2, -0.15) is 0 Å². The van der Waals surface area contributed by atoms with Gasteiger partial charge in [-0.3, -0.25) is 0 Å². The Kier molecular flexibility index (Phi) is 14.5. The molecule has 1 aliphatic carbocycles. The molecule has 0 bridgehead atoms. The number of aliphatic hydroxyl groups excluding tert-OH is 3. The molecular formula is C23H47NO3. The van der Waals surface area contributed by atoms with Crippen molar-refractivity contribution in [1.82, 2.24) is 5.32 Å². The molecule has 1 fully saturated rings. The SMILES string of the molecule is CCCCCCCCCCCCCCCCN[C@@H]1C[C@@H](C)[C@@H](O)[C@@H](O)[C@@H]1O. The molecule has 0 unspecified atom stereocenters. The molecule has 1 saturated carbocycles. The van der Waals surface area contributed by atoms with Gasteiger partial charge in [0.25, 0.3) is 0 Å². The van der Waals surface area contributed by atoms with E-state index in [-0.39, 0.29) is 12.0 Å². The van der Waals surface area contributed by atoms with Crippen LogP contribution in [0, 0.1) is 5.92 Å². The first-order valence-corrected chi connectivity index (χ1v) is 11.9. The Hall–Kier alpha value is -0.160. The summed E-state index contributed by atoms with van der Waals surface area (Å²) in [5.41, 5.74) is 0. The van der Waals surface area contributed by atoms with Crippen molar-refractivity contribution >= 4 is 0 Å². The van der Waals surface area contributed by atoms with E-state index in [0.29, 0.717) is 0 Å². The van der Waals surface area contributed by atoms with E-state index in [0.717, 1.165) is 19.4 Å². The first-order chi connectivity index (χ1) is 13.1. The second-order valence-electron chi connectivity index (χ2n) is 8.84. The van der Waals surface area contributed by atoms with E-state index in [1.807, 2.05) is 6.92 Å². The molecule has 1 aliphatic rings. The molecule has 0 aromatic carbocycles. The predicted octanol–water partition coefficient (Wildman–Crippen LogP) is 4.55. The molecular weight excluding hydrogens is 338 g/mol. The molecule has 27 heavy (non-hydrogen) atoms. The van der Waals surface area contributed by atoms with Crippen LogP contribution >= 0.6 is 0 Å². The number of hydrogen-bond acceptors (Lipinski definition) is 4. The highest BCUT2D eigenvalue weighted by atomic mass is 16.4. The van der Waals surface area contributed by atoms with Crippen LogP contribution in [0.15, 0.2) is 0 Å². The molecule has 0 spiro atoms. The lowest BCUT2D eigenvalue weighted by atomic mass is 9.80. The van der Waals surface area contributed by atoms with Crippen molar-refractivity contribution in [3.63, 3.8) is 0 Å². The summed E-state index contributed by atoms with van der Waals surface area (Å²) in [6.07, 6.45) is 17.0. The number of hydrogen-bond donors (Lipinski definition) is 4. The molecule has 4 heteroatoms. The van der Waals surface area contributed by atoms with Gasteiger partial charge in [0, 0.05) is 6.04 Å². The quantitative estimate of drug-likeness (QED) is 0.294. The minimum Gasteiger partial charge on any atom is -0.390 e. The average molecular weight is 386 g/mol. The van der Waals surface area contributed by atoms with E-state index < -0.39 is 18.3 Å². The Morgan fingerprint density at radius 3 is 1.56 bits per heavy atom. The maximum Gasteiger partial charge on any atom is 0.107 e. The fraction of sp³-hybridized carbons (Fsp3) is 1.00. The van der Waals surface area contributed by atoms with Crippen molar-refractivity contribution in [3.8, 4) is 0 Å². The maximum atomic E-state index is 10.1. The molecule has 4 N–H and O–H groups in total. The van der Waals surface area contributed by atoms with Crippen LogP contribution in [-0.4, -0.2) is 46.2 Å². The van der Waals surface area contributed by atoms with Crippen LogP contribution in [-0.2, 0) is 0 Å². The van der Waals surface area contributed by atoms with E-state index in [2.05, 4.69) is 12.2 Å². The third-order valence-corrected chi connectivity index (χ3v) is 6.26. The standard InChI is InChI=1S/C23H47NO3/c1-3-4-5-6-7-8-9-10-11-12-13-14-15-16-17-24-20-18-19(2)21(25)23(27)22(20)26/h19-27H,3-18H2,1-2H3/t19-,20-,21-,22-,23-/m1/s1. The van der Waals surface area contributed by atoms with Crippen molar-refractivity contribution in [2.24, 2.45) is 5.92 Å². The van der Waals surface area contributed by atoms with Crippen molar-refractivity contribution in [1.29, 1.82) is 0 Å². The molecule has 0 aromatic heterocycles. The van der Waals surface area contributed by atoms with E-state index in [1.165, 1.54) is 83.5 Å². The van der Waals surface area contributed by atoms with Crippen LogP contribution in [0.5, 0.6) is 0 Å². The summed E-state index contributed by atoms with van der Waals surface area (Å²) in [4.78, 5) is 0. The van der Waals surface area contributed by atoms with E-state index >= 15 is 0 Å². The minimum absolute atomic E-state index is 0.0252. The molecule has 0 aromatic rings. The summed E-state index contributed by atoms with van der Waals surface area (Å²) in [5, 5.41) is 33.1. The lowest BCUT2D eigenvalue weighted by Crippen LogP contribution is -2.57. The van der Waals surface area contributed by atoms with Crippen molar-refractivity contribution in [2.75, 3.05) is 6.54 Å². The van der Waals surface area contributed by atoms with Crippen LogP contribution in [0.1, 0.15) is 110 Å². The van der Waals surface area contributed by atoms with Gasteiger partial charge in [-0.1, -0.05) is 97.3 Å². The van der Waals surface area contributed by atoms with E-state index in [9.17, 15) is 15.3 Å². The van der Waals surface area contributed by atoms with Gasteiger partial charge in [0.2, 0.25) is 0 Å². The summed E-state index contributed by atoms with van der Waals surface area (Å²) < 4.78 is 0. The van der Waals surface area contributed by atoms with E-state index in [1.54, 1.807) is 0 Å². The number of unbranched alkanes of at least 4 members (excludes halogenated alkanes) is 13. The van der Waals surface area contributed by atoms with Crippen molar-refractivity contribution in [2.45, 2.75) is 135 Å². The summed E-state index contributed by atoms with van der Waals surface area (Å²) in [6.45, 7) is 5.09. The Morgan fingerprint density at radius 2 is 1.07 bits per heavy atom. The van der Waals surface area contributed by atoms with Gasteiger partial charge in [0.1, 0.15) is 6.10 Å². The van der Waals surface area contributed by atoms with Crippen molar-refractivity contribution in [3.05, 3.63) is 0 Å². The molecule has 0 radical (unpaired) electrons. The molecule has 0 heterocycles. The maximum absolute atomic E-state index is 10.1. The molecule has 0 amide bonds. The Bertz CT molecular complexity index is 340. The zero-order valence-corrected chi connectivity index (χ0v) is 18.0. The van der Waals surface area contributed by atoms with Gasteiger partial charge >= 0.3 is 0 Å². The molecule has 4 nitrogen and oxygen atoms in total. The zero-order valence-electron chi connectivity index (χ0n) is 18.0. The molecule has 1 rings (SSSR count). The van der Waals surface area contributed by atoms with Crippen LogP contribution in [0.4, 0.5) is 0 Å². The van der Waals surface area contributed by atoms with Crippen LogP contribution in [0.25, 0.3) is 0 Å². The van der Waals surface area contributed by atoms with Crippen LogP contribution < -0.4 is 5.32 Å². The van der Waals surface area contributed by atoms with Gasteiger partial charge < -0.3 is 20.6 Å². The fourth-order valence-corrected chi connectivity index (χ4v) is 4.27. The lowest BCUT2D eigenvalue weighted by molar-refractivity contribution is -0.119. The highest BCUT2D eigenvalue weighted by molar-refractivity contribution is 4.94. The molecule has 5 atom stereocenters. The Balaban J connectivity index is 1.85. The summed E-state index contributed by atoms with van der Waals surface area (Å²) in [7, 11) is 0. The van der Waals surface area contributed by atoms with Crippen molar-refractivity contribution < 1.29 is 15.3 Å². The Labute approximate surface area is 168 Å². The molecule has 0 saturated heterocycles. The lowest BCUT2D eigenvalue weighted by Gasteiger charge is -2.39. The molecule has 162 valence electrons. The Morgan fingerprint density at radius 1 is 0.630 bits per heavy atom. The second kappa shape index (κ2) is 15.7. The van der Waals surface area contributed by atoms with Crippen LogP contribution in [0.3, 0.4) is 0 Å². The summed E-state index contributed by atoms with van der Waals surface area (Å²) in [5.74, 6) is 0.0252. The highest BCUT2D eigenvalue weighted by Crippen LogP contribution is 2.25. The topological polar surface area (TPSA) is 72.7 Å². The van der Waals surface area contributed by atoms with E-state index in [4.69, 9.17) is 0 Å². The fourth-order valence-electron chi connectivity index (χ4n) is 4.27. The van der Waals surface area contributed by atoms with Gasteiger partial charge in [-0.15, -0.1) is 0 Å². The van der Waals surface area contributed by atoms with Gasteiger partial charge in [0.15, 0.2) is 0 Å². The highest BCUT2D eigenvalue weighted by Gasteiger charge is 2.40. The minimum atomic E-state index is -1.03. The molecule has 0 aliphatic heterocycles. The van der Waals surface area contributed by atoms with Gasteiger partial charge in [0.05, 0.1) is 12.2 Å². The largest absolute Gasteiger partial charge is 0.390 e. The smallest absolute Gasteiger partial charge is 0.107 e. The third-order valence-electron chi connectivity index (χ3n) is 6.26. The normalized spacial score (nSPS) is 28.6. The third kappa shape index (κ3) is 10.8. The second-order valence-corrected chi connectivity index (χ2v) is 8.84. The first-order valence-electron chi connectivity index (χ1n) is 11.9. The van der Waals surface area contributed by atoms with Crippen LogP contribution in [0.2, 0.25) is 0 Å². The number of aliphatic hydroxyl groups is 3. The first kappa shape index (κ1) is 24.9. The van der Waals surface area contributed by atoms with Gasteiger partial charge in [-0.05, 0) is 25.3 Å². The monoisotopic (exact) mass is 385 g/mol. The average Bonchev–Trinajstić information content (AvgIpc) is 2.67. The number of nitrogens with one attached hydrogen (secondary N) is 1.